The van der Waals surface area contributed by atoms with Crippen molar-refractivity contribution in [2.75, 3.05) is 11.1 Å². The molecule has 26 heavy (non-hydrogen) atoms. The zero-order valence-electron chi connectivity index (χ0n) is 15.0. The van der Waals surface area contributed by atoms with E-state index in [9.17, 15) is 9.59 Å². The average molecular weight is 386 g/mol. The van der Waals surface area contributed by atoms with Crippen LogP contribution in [-0.4, -0.2) is 27.4 Å². The first kappa shape index (κ1) is 18.5. The van der Waals surface area contributed by atoms with Gasteiger partial charge in [-0.1, -0.05) is 41.3 Å². The molecule has 0 saturated heterocycles. The number of rotatable bonds is 5. The van der Waals surface area contributed by atoms with Gasteiger partial charge in [0.15, 0.2) is 10.9 Å². The quantitative estimate of drug-likeness (QED) is 0.515. The van der Waals surface area contributed by atoms with E-state index in [0.29, 0.717) is 15.7 Å². The Balaban J connectivity index is 1.70. The highest BCUT2D eigenvalue weighted by molar-refractivity contribution is 7.99. The molecule has 1 N–H and O–H groups in total. The monoisotopic (exact) mass is 385 g/mol. The molecule has 0 unspecified atom stereocenters. The van der Waals surface area contributed by atoms with Gasteiger partial charge in [-0.2, -0.15) is 0 Å². The number of aryl methyl sites for hydroxylation is 3. The van der Waals surface area contributed by atoms with Crippen LogP contribution in [0.2, 0.25) is 0 Å². The number of para-hydroxylation sites is 1. The van der Waals surface area contributed by atoms with Crippen LogP contribution < -0.4 is 5.32 Å². The Hall–Kier alpha value is -2.25. The number of aromatic nitrogens is 2. The molecule has 2 aromatic heterocycles. The molecular formula is C19H19N3O2S2. The number of pyridine rings is 1. The highest BCUT2D eigenvalue weighted by Gasteiger charge is 2.14. The molecule has 3 aromatic rings. The number of Topliss-reactive ketones (excluding diaryl/α,β-unsaturated/α-hetero) is 1. The molecule has 0 saturated carbocycles. The molecule has 0 aliphatic rings. The van der Waals surface area contributed by atoms with Gasteiger partial charge in [-0.15, -0.1) is 0 Å². The van der Waals surface area contributed by atoms with Crippen LogP contribution in [0.4, 0.5) is 5.13 Å². The van der Waals surface area contributed by atoms with Gasteiger partial charge in [0.05, 0.1) is 26.9 Å². The highest BCUT2D eigenvalue weighted by Crippen LogP contribution is 2.26. The number of thiazole rings is 1. The minimum Gasteiger partial charge on any atom is -0.301 e. The molecule has 0 bridgehead atoms. The molecule has 0 radical (unpaired) electrons. The van der Waals surface area contributed by atoms with E-state index in [1.54, 1.807) is 6.92 Å². The number of fused-ring (bicyclic) bond motifs is 1. The number of carbonyl (C=O) groups is 2. The van der Waals surface area contributed by atoms with Gasteiger partial charge in [-0.3, -0.25) is 9.59 Å². The predicted octanol–water partition coefficient (Wildman–Crippen LogP) is 4.55. The summed E-state index contributed by atoms with van der Waals surface area (Å²) in [7, 11) is 0. The second-order valence-corrected chi connectivity index (χ2v) is 8.07. The molecule has 0 aliphatic heterocycles. The van der Waals surface area contributed by atoms with Crippen LogP contribution in [0.3, 0.4) is 0 Å². The fraction of sp³-hybridized carbons (Fsp3) is 0.263. The zero-order valence-corrected chi connectivity index (χ0v) is 16.7. The number of hydrogen-bond donors (Lipinski definition) is 1. The fourth-order valence-electron chi connectivity index (χ4n) is 2.68. The molecule has 5 nitrogen and oxygen atoms in total. The van der Waals surface area contributed by atoms with Gasteiger partial charge in [0, 0.05) is 12.3 Å². The molecule has 3 rings (SSSR count). The lowest BCUT2D eigenvalue weighted by atomic mass is 10.1. The van der Waals surface area contributed by atoms with Crippen molar-refractivity contribution in [3.63, 3.8) is 0 Å². The van der Waals surface area contributed by atoms with Crippen LogP contribution in [0.5, 0.6) is 0 Å². The van der Waals surface area contributed by atoms with Crippen molar-refractivity contribution in [1.29, 1.82) is 0 Å². The largest absolute Gasteiger partial charge is 0.301 e. The standard InChI is InChI=1S/C19H19N3O2S2/c1-10-6-5-7-14-11(2)8-16(22-17(10)14)25-9-15(24)21-19-20-12(3)18(26-19)13(4)23/h5-8H,9H2,1-4H3,(H,20,21,24). The number of carbonyl (C=O) groups excluding carboxylic acids is 2. The van der Waals surface area contributed by atoms with Gasteiger partial charge in [-0.05, 0) is 38.0 Å². The lowest BCUT2D eigenvalue weighted by Gasteiger charge is -2.08. The minimum atomic E-state index is -0.164. The fourth-order valence-corrected chi connectivity index (χ4v) is 4.32. The van der Waals surface area contributed by atoms with Crippen LogP contribution >= 0.6 is 23.1 Å². The topological polar surface area (TPSA) is 72.0 Å². The highest BCUT2D eigenvalue weighted by atomic mass is 32.2. The van der Waals surface area contributed by atoms with Crippen molar-refractivity contribution in [2.45, 2.75) is 32.7 Å². The predicted molar refractivity (Wildman–Crippen MR) is 107 cm³/mol. The molecule has 2 heterocycles. The summed E-state index contributed by atoms with van der Waals surface area (Å²) in [6, 6.07) is 8.12. The number of anilines is 1. The summed E-state index contributed by atoms with van der Waals surface area (Å²) in [4.78, 5) is 33.2. The zero-order chi connectivity index (χ0) is 18.8. The molecule has 1 amide bonds. The lowest BCUT2D eigenvalue weighted by Crippen LogP contribution is -2.14. The number of hydrogen-bond acceptors (Lipinski definition) is 6. The van der Waals surface area contributed by atoms with Crippen LogP contribution in [0.25, 0.3) is 10.9 Å². The van der Waals surface area contributed by atoms with Crippen molar-refractivity contribution >= 4 is 50.8 Å². The maximum Gasteiger partial charge on any atom is 0.236 e. The Morgan fingerprint density at radius 2 is 1.92 bits per heavy atom. The Bertz CT molecular complexity index is 1010. The molecule has 0 spiro atoms. The third-order valence-electron chi connectivity index (χ3n) is 3.94. The van der Waals surface area contributed by atoms with E-state index in [-0.39, 0.29) is 17.4 Å². The Kier molecular flexibility index (Phi) is 5.38. The molecule has 1 aromatic carbocycles. The van der Waals surface area contributed by atoms with Crippen molar-refractivity contribution in [2.24, 2.45) is 0 Å². The third kappa shape index (κ3) is 3.94. The number of thioether (sulfide) groups is 1. The molecule has 0 aliphatic carbocycles. The van der Waals surface area contributed by atoms with Crippen molar-refractivity contribution < 1.29 is 9.59 Å². The van der Waals surface area contributed by atoms with Crippen molar-refractivity contribution in [1.82, 2.24) is 9.97 Å². The smallest absolute Gasteiger partial charge is 0.236 e. The first-order chi connectivity index (χ1) is 12.3. The van der Waals surface area contributed by atoms with Gasteiger partial charge >= 0.3 is 0 Å². The van der Waals surface area contributed by atoms with E-state index in [1.807, 2.05) is 25.1 Å². The first-order valence-corrected chi connectivity index (χ1v) is 9.93. The van der Waals surface area contributed by atoms with Crippen LogP contribution in [0.15, 0.2) is 29.3 Å². The lowest BCUT2D eigenvalue weighted by molar-refractivity contribution is -0.113. The maximum atomic E-state index is 12.2. The van der Waals surface area contributed by atoms with Crippen molar-refractivity contribution in [3.8, 4) is 0 Å². The number of amides is 1. The maximum absolute atomic E-state index is 12.2. The van der Waals surface area contributed by atoms with Crippen molar-refractivity contribution in [3.05, 3.63) is 46.0 Å². The molecule has 0 fully saturated rings. The van der Waals surface area contributed by atoms with Crippen LogP contribution in [0, 0.1) is 20.8 Å². The summed E-state index contributed by atoms with van der Waals surface area (Å²) in [5.41, 5.74) is 3.88. The number of nitrogens with one attached hydrogen (secondary N) is 1. The van der Waals surface area contributed by atoms with Gasteiger partial charge < -0.3 is 5.32 Å². The van der Waals surface area contributed by atoms with Gasteiger partial charge in [0.1, 0.15) is 0 Å². The second kappa shape index (κ2) is 7.55. The van der Waals surface area contributed by atoms with E-state index in [2.05, 4.69) is 28.3 Å². The molecule has 0 atom stereocenters. The minimum absolute atomic E-state index is 0.0407. The molecule has 134 valence electrons. The molecule has 7 heteroatoms. The number of nitrogens with zero attached hydrogens (tertiary/aromatic N) is 2. The van der Waals surface area contributed by atoms with E-state index >= 15 is 0 Å². The van der Waals surface area contributed by atoms with E-state index < -0.39 is 0 Å². The summed E-state index contributed by atoms with van der Waals surface area (Å²) in [6.07, 6.45) is 0. The summed E-state index contributed by atoms with van der Waals surface area (Å²) < 4.78 is 0. The normalized spacial score (nSPS) is 10.9. The summed E-state index contributed by atoms with van der Waals surface area (Å²) in [5, 5.41) is 5.17. The summed E-state index contributed by atoms with van der Waals surface area (Å²) in [5.74, 6) is 0.0296. The Labute approximate surface area is 160 Å². The van der Waals surface area contributed by atoms with Crippen LogP contribution in [0.1, 0.15) is 33.4 Å². The number of ketones is 1. The number of benzene rings is 1. The first-order valence-electron chi connectivity index (χ1n) is 8.13. The summed E-state index contributed by atoms with van der Waals surface area (Å²) in [6.45, 7) is 7.35. The SMILES string of the molecule is CC(=O)c1sc(NC(=O)CSc2cc(C)c3cccc(C)c3n2)nc1C. The summed E-state index contributed by atoms with van der Waals surface area (Å²) >= 11 is 2.60. The molecular weight excluding hydrogens is 366 g/mol. The van der Waals surface area contributed by atoms with E-state index in [1.165, 1.54) is 30.0 Å². The van der Waals surface area contributed by atoms with E-state index in [0.717, 1.165) is 27.1 Å². The van der Waals surface area contributed by atoms with Crippen LogP contribution in [-0.2, 0) is 4.79 Å². The second-order valence-electron chi connectivity index (χ2n) is 6.08. The van der Waals surface area contributed by atoms with E-state index in [4.69, 9.17) is 0 Å². The Morgan fingerprint density at radius 1 is 1.15 bits per heavy atom. The van der Waals surface area contributed by atoms with Gasteiger partial charge in [-0.25, -0.2) is 9.97 Å². The average Bonchev–Trinajstić information content (AvgIpc) is 2.94. The Morgan fingerprint density at radius 3 is 2.62 bits per heavy atom. The third-order valence-corrected chi connectivity index (χ3v) is 6.02. The van der Waals surface area contributed by atoms with Gasteiger partial charge in [0.2, 0.25) is 5.91 Å². The van der Waals surface area contributed by atoms with Gasteiger partial charge in [0.25, 0.3) is 0 Å².